The van der Waals surface area contributed by atoms with Crippen molar-refractivity contribution >= 4 is 11.6 Å². The van der Waals surface area contributed by atoms with Crippen LogP contribution < -0.4 is 16.0 Å². The second-order valence-corrected chi connectivity index (χ2v) is 4.09. The molecule has 0 spiro atoms. The first-order valence-electron chi connectivity index (χ1n) is 5.44. The molecule has 1 atom stereocenters. The summed E-state index contributed by atoms with van der Waals surface area (Å²) < 4.78 is 19.0. The number of nitrogens with one attached hydrogen (secondary N) is 1. The molecular weight excluding hydrogens is 271 g/mol. The van der Waals surface area contributed by atoms with Crippen LogP contribution in [0.2, 0.25) is 5.02 Å². The highest BCUT2D eigenvalue weighted by atomic mass is 35.5. The van der Waals surface area contributed by atoms with Crippen molar-refractivity contribution in [1.29, 1.82) is 0 Å². The Morgan fingerprint density at radius 1 is 1.37 bits per heavy atom. The van der Waals surface area contributed by atoms with Crippen molar-refractivity contribution in [1.82, 2.24) is 15.4 Å². The van der Waals surface area contributed by atoms with Gasteiger partial charge in [-0.3, -0.25) is 10.8 Å². The smallest absolute Gasteiger partial charge is 0.237 e. The van der Waals surface area contributed by atoms with Crippen LogP contribution in [0, 0.1) is 5.82 Å². The molecule has 0 saturated carbocycles. The lowest BCUT2D eigenvalue weighted by Crippen LogP contribution is -2.31. The molecule has 1 unspecified atom stereocenters. The highest BCUT2D eigenvalue weighted by Crippen LogP contribution is 2.32. The molecule has 0 aliphatic heterocycles. The van der Waals surface area contributed by atoms with Gasteiger partial charge in [0.1, 0.15) is 11.5 Å². The molecule has 0 radical (unpaired) electrons. The average molecular weight is 283 g/mol. The maximum atomic E-state index is 13.9. The third-order valence-corrected chi connectivity index (χ3v) is 2.94. The van der Waals surface area contributed by atoms with Gasteiger partial charge in [0.15, 0.2) is 0 Å². The van der Waals surface area contributed by atoms with E-state index >= 15 is 0 Å². The molecular formula is C12H12ClFN4O. The molecule has 0 saturated heterocycles. The second-order valence-electron chi connectivity index (χ2n) is 3.69. The van der Waals surface area contributed by atoms with E-state index in [0.29, 0.717) is 5.69 Å². The van der Waals surface area contributed by atoms with Crippen LogP contribution in [0.15, 0.2) is 30.6 Å². The molecule has 1 heterocycles. The van der Waals surface area contributed by atoms with Crippen molar-refractivity contribution in [2.45, 2.75) is 6.04 Å². The number of hydrazine groups is 1. The van der Waals surface area contributed by atoms with Crippen LogP contribution in [0.1, 0.15) is 17.3 Å². The monoisotopic (exact) mass is 282 g/mol. The minimum Gasteiger partial charge on any atom is -0.480 e. The summed E-state index contributed by atoms with van der Waals surface area (Å²) in [6.07, 6.45) is 2.94. The Morgan fingerprint density at radius 2 is 2.11 bits per heavy atom. The molecule has 100 valence electrons. The van der Waals surface area contributed by atoms with Crippen LogP contribution in [0.25, 0.3) is 0 Å². The normalized spacial score (nSPS) is 12.2. The average Bonchev–Trinajstić information content (AvgIpc) is 2.43. The summed E-state index contributed by atoms with van der Waals surface area (Å²) in [5.41, 5.74) is 3.04. The first-order valence-corrected chi connectivity index (χ1v) is 5.81. The number of nitrogens with two attached hydrogens (primary N) is 1. The van der Waals surface area contributed by atoms with Crippen molar-refractivity contribution in [3.8, 4) is 5.88 Å². The summed E-state index contributed by atoms with van der Waals surface area (Å²) in [7, 11) is 1.45. The summed E-state index contributed by atoms with van der Waals surface area (Å²) in [4.78, 5) is 8.13. The predicted molar refractivity (Wildman–Crippen MR) is 69.2 cm³/mol. The number of hydrogen-bond acceptors (Lipinski definition) is 5. The number of halogens is 2. The zero-order valence-corrected chi connectivity index (χ0v) is 10.9. The van der Waals surface area contributed by atoms with Crippen LogP contribution in [0.5, 0.6) is 5.88 Å². The Labute approximate surface area is 114 Å². The number of ether oxygens (including phenoxy) is 1. The van der Waals surface area contributed by atoms with Gasteiger partial charge in [-0.15, -0.1) is 0 Å². The van der Waals surface area contributed by atoms with E-state index in [1.807, 2.05) is 0 Å². The van der Waals surface area contributed by atoms with Crippen LogP contribution in [-0.4, -0.2) is 17.1 Å². The van der Waals surface area contributed by atoms with Crippen LogP contribution >= 0.6 is 11.6 Å². The fraction of sp³-hybridized carbons (Fsp3) is 0.167. The summed E-state index contributed by atoms with van der Waals surface area (Å²) in [5.74, 6) is 5.27. The minimum absolute atomic E-state index is 0.200. The molecule has 0 aliphatic rings. The van der Waals surface area contributed by atoms with Crippen LogP contribution in [-0.2, 0) is 0 Å². The quantitative estimate of drug-likeness (QED) is 0.661. The largest absolute Gasteiger partial charge is 0.480 e. The Balaban J connectivity index is 2.57. The fourth-order valence-corrected chi connectivity index (χ4v) is 2.05. The number of benzene rings is 1. The molecule has 0 bridgehead atoms. The first kappa shape index (κ1) is 13.7. The summed E-state index contributed by atoms with van der Waals surface area (Å²) in [5, 5.41) is 0.246. The van der Waals surface area contributed by atoms with Crippen LogP contribution in [0.4, 0.5) is 4.39 Å². The lowest BCUT2D eigenvalue weighted by atomic mass is 10.0. The molecule has 0 amide bonds. The highest BCUT2D eigenvalue weighted by molar-refractivity contribution is 6.31. The Morgan fingerprint density at radius 3 is 2.74 bits per heavy atom. The highest BCUT2D eigenvalue weighted by Gasteiger charge is 2.24. The molecule has 1 aromatic heterocycles. The standard InChI is InChI=1S/C12H12ClFN4O/c1-19-12-11(16-5-6-17-12)10(18-15)9-7(13)3-2-4-8(9)14/h2-6,10,18H,15H2,1H3. The maximum absolute atomic E-state index is 13.9. The SMILES string of the molecule is COc1nccnc1C(NN)c1c(F)cccc1Cl. The van der Waals surface area contributed by atoms with Gasteiger partial charge in [-0.2, -0.15) is 0 Å². The van der Waals surface area contributed by atoms with Gasteiger partial charge in [0.05, 0.1) is 13.2 Å². The van der Waals surface area contributed by atoms with Crippen molar-refractivity contribution in [2.24, 2.45) is 5.84 Å². The molecule has 3 N–H and O–H groups in total. The third kappa shape index (κ3) is 2.65. The van der Waals surface area contributed by atoms with E-state index in [4.69, 9.17) is 22.2 Å². The van der Waals surface area contributed by atoms with Gasteiger partial charge in [-0.1, -0.05) is 17.7 Å². The molecule has 2 aromatic rings. The second kappa shape index (κ2) is 5.92. The van der Waals surface area contributed by atoms with Crippen molar-refractivity contribution in [3.63, 3.8) is 0 Å². The third-order valence-electron chi connectivity index (χ3n) is 2.61. The van der Waals surface area contributed by atoms with Gasteiger partial charge >= 0.3 is 0 Å². The Kier molecular flexibility index (Phi) is 4.26. The van der Waals surface area contributed by atoms with Crippen molar-refractivity contribution in [2.75, 3.05) is 7.11 Å². The minimum atomic E-state index is -0.752. The summed E-state index contributed by atoms with van der Waals surface area (Å²) >= 11 is 6.02. The first-order chi connectivity index (χ1) is 9.19. The van der Waals surface area contributed by atoms with Gasteiger partial charge in [-0.25, -0.2) is 14.8 Å². The number of nitrogens with zero attached hydrogens (tertiary/aromatic N) is 2. The van der Waals surface area contributed by atoms with E-state index in [9.17, 15) is 4.39 Å². The predicted octanol–water partition coefficient (Wildman–Crippen LogP) is 1.83. The van der Waals surface area contributed by atoms with Gasteiger partial charge in [0.25, 0.3) is 0 Å². The lowest BCUT2D eigenvalue weighted by molar-refractivity contribution is 0.382. The van der Waals surface area contributed by atoms with E-state index in [-0.39, 0.29) is 16.5 Å². The fourth-order valence-electron chi connectivity index (χ4n) is 1.78. The van der Waals surface area contributed by atoms with Gasteiger partial charge < -0.3 is 4.74 Å². The van der Waals surface area contributed by atoms with E-state index in [1.54, 1.807) is 6.07 Å². The maximum Gasteiger partial charge on any atom is 0.237 e. The summed E-state index contributed by atoms with van der Waals surface area (Å²) in [6, 6.07) is 3.64. The molecule has 2 rings (SSSR count). The number of methoxy groups -OCH3 is 1. The number of rotatable bonds is 4. The topological polar surface area (TPSA) is 73.1 Å². The molecule has 0 aliphatic carbocycles. The lowest BCUT2D eigenvalue weighted by Gasteiger charge is -2.19. The number of hydrogen-bond donors (Lipinski definition) is 2. The zero-order chi connectivity index (χ0) is 13.8. The van der Waals surface area contributed by atoms with Crippen molar-refractivity contribution in [3.05, 3.63) is 52.7 Å². The van der Waals surface area contributed by atoms with Gasteiger partial charge in [-0.05, 0) is 12.1 Å². The van der Waals surface area contributed by atoms with Crippen molar-refractivity contribution < 1.29 is 9.13 Å². The molecule has 1 aromatic carbocycles. The van der Waals surface area contributed by atoms with Crippen LogP contribution in [0.3, 0.4) is 0 Å². The number of aromatic nitrogens is 2. The summed E-state index contributed by atoms with van der Waals surface area (Å²) in [6.45, 7) is 0. The molecule has 0 fully saturated rings. The van der Waals surface area contributed by atoms with E-state index in [0.717, 1.165) is 0 Å². The molecule has 5 nitrogen and oxygen atoms in total. The molecule has 19 heavy (non-hydrogen) atoms. The molecule has 7 heteroatoms. The van der Waals surface area contributed by atoms with E-state index < -0.39 is 11.9 Å². The van der Waals surface area contributed by atoms with Gasteiger partial charge in [0, 0.05) is 23.0 Å². The van der Waals surface area contributed by atoms with E-state index in [2.05, 4.69) is 15.4 Å². The zero-order valence-electron chi connectivity index (χ0n) is 10.1. The van der Waals surface area contributed by atoms with E-state index in [1.165, 1.54) is 31.6 Å². The van der Waals surface area contributed by atoms with Gasteiger partial charge in [0.2, 0.25) is 5.88 Å². The Hall–Kier alpha value is -1.76. The Bertz CT molecular complexity index is 561.